The van der Waals surface area contributed by atoms with Crippen molar-refractivity contribution in [2.45, 2.75) is 25.4 Å². The van der Waals surface area contributed by atoms with E-state index in [9.17, 15) is 0 Å². The van der Waals surface area contributed by atoms with Crippen LogP contribution in [0.5, 0.6) is 0 Å². The number of nitrogens with one attached hydrogen (secondary N) is 1. The third-order valence-corrected chi connectivity index (χ3v) is 2.99. The van der Waals surface area contributed by atoms with Crippen LogP contribution in [-0.2, 0) is 11.2 Å². The molecule has 2 heteroatoms. The molecule has 0 bridgehead atoms. The number of hydrogen-bond acceptors (Lipinski definition) is 2. The SMILES string of the molecule is CNCCOC1CCCc2ccccc21. The lowest BCUT2D eigenvalue weighted by Crippen LogP contribution is -2.19. The fourth-order valence-electron chi connectivity index (χ4n) is 2.19. The van der Waals surface area contributed by atoms with E-state index in [2.05, 4.69) is 29.6 Å². The van der Waals surface area contributed by atoms with Crippen molar-refractivity contribution in [2.75, 3.05) is 20.2 Å². The zero-order chi connectivity index (χ0) is 10.5. The van der Waals surface area contributed by atoms with Gasteiger partial charge in [-0.05, 0) is 37.4 Å². The van der Waals surface area contributed by atoms with Gasteiger partial charge < -0.3 is 10.1 Å². The molecule has 2 rings (SSSR count). The molecular weight excluding hydrogens is 186 g/mol. The molecule has 0 saturated carbocycles. The van der Waals surface area contributed by atoms with Gasteiger partial charge in [0, 0.05) is 6.54 Å². The maximum atomic E-state index is 5.89. The van der Waals surface area contributed by atoms with Gasteiger partial charge in [-0.25, -0.2) is 0 Å². The lowest BCUT2D eigenvalue weighted by Gasteiger charge is -2.25. The largest absolute Gasteiger partial charge is 0.372 e. The summed E-state index contributed by atoms with van der Waals surface area (Å²) in [6, 6.07) is 8.66. The van der Waals surface area contributed by atoms with E-state index in [1.807, 2.05) is 7.05 Å². The summed E-state index contributed by atoms with van der Waals surface area (Å²) in [6.45, 7) is 1.73. The second-order valence-corrected chi connectivity index (χ2v) is 4.05. The Hall–Kier alpha value is -0.860. The predicted molar refractivity (Wildman–Crippen MR) is 62.0 cm³/mol. The Bertz CT molecular complexity index is 311. The van der Waals surface area contributed by atoms with Crippen LogP contribution in [0.3, 0.4) is 0 Å². The number of benzene rings is 1. The van der Waals surface area contributed by atoms with Gasteiger partial charge in [0.05, 0.1) is 12.7 Å². The minimum Gasteiger partial charge on any atom is -0.372 e. The summed E-state index contributed by atoms with van der Waals surface area (Å²) in [5.41, 5.74) is 2.87. The Morgan fingerprint density at radius 1 is 1.40 bits per heavy atom. The molecule has 0 spiro atoms. The van der Waals surface area contributed by atoms with Gasteiger partial charge in [0.1, 0.15) is 0 Å². The van der Waals surface area contributed by atoms with Gasteiger partial charge in [-0.15, -0.1) is 0 Å². The third-order valence-electron chi connectivity index (χ3n) is 2.99. The van der Waals surface area contributed by atoms with E-state index in [1.54, 1.807) is 0 Å². The molecule has 0 aromatic heterocycles. The van der Waals surface area contributed by atoms with E-state index >= 15 is 0 Å². The van der Waals surface area contributed by atoms with Crippen molar-refractivity contribution >= 4 is 0 Å². The Morgan fingerprint density at radius 3 is 3.13 bits per heavy atom. The summed E-state index contributed by atoms with van der Waals surface area (Å²) in [5, 5.41) is 3.11. The average Bonchev–Trinajstić information content (AvgIpc) is 2.30. The van der Waals surface area contributed by atoms with Crippen molar-refractivity contribution in [1.82, 2.24) is 5.32 Å². The van der Waals surface area contributed by atoms with Crippen molar-refractivity contribution in [3.05, 3.63) is 35.4 Å². The maximum Gasteiger partial charge on any atom is 0.0828 e. The normalized spacial score (nSPS) is 19.9. The molecule has 1 atom stereocenters. The number of rotatable bonds is 4. The van der Waals surface area contributed by atoms with E-state index in [4.69, 9.17) is 4.74 Å². The Kier molecular flexibility index (Phi) is 3.75. The van der Waals surface area contributed by atoms with Crippen molar-refractivity contribution in [2.24, 2.45) is 0 Å². The number of aryl methyl sites for hydroxylation is 1. The summed E-state index contributed by atoms with van der Waals surface area (Å²) in [7, 11) is 1.96. The summed E-state index contributed by atoms with van der Waals surface area (Å²) < 4.78 is 5.89. The molecule has 1 N–H and O–H groups in total. The lowest BCUT2D eigenvalue weighted by atomic mass is 9.89. The third kappa shape index (κ3) is 2.58. The molecule has 0 radical (unpaired) electrons. The summed E-state index contributed by atoms with van der Waals surface area (Å²) in [4.78, 5) is 0. The van der Waals surface area contributed by atoms with E-state index < -0.39 is 0 Å². The topological polar surface area (TPSA) is 21.3 Å². The highest BCUT2D eigenvalue weighted by Gasteiger charge is 2.19. The highest BCUT2D eigenvalue weighted by molar-refractivity contribution is 5.31. The van der Waals surface area contributed by atoms with Gasteiger partial charge in [0.2, 0.25) is 0 Å². The highest BCUT2D eigenvalue weighted by Crippen LogP contribution is 2.31. The molecule has 0 saturated heterocycles. The molecule has 15 heavy (non-hydrogen) atoms. The molecule has 0 fully saturated rings. The lowest BCUT2D eigenvalue weighted by molar-refractivity contribution is 0.0434. The first-order valence-corrected chi connectivity index (χ1v) is 5.76. The van der Waals surface area contributed by atoms with E-state index in [1.165, 1.54) is 30.4 Å². The second-order valence-electron chi connectivity index (χ2n) is 4.05. The fourth-order valence-corrected chi connectivity index (χ4v) is 2.19. The van der Waals surface area contributed by atoms with E-state index in [0.29, 0.717) is 6.10 Å². The van der Waals surface area contributed by atoms with Crippen molar-refractivity contribution < 1.29 is 4.74 Å². The van der Waals surface area contributed by atoms with Crippen LogP contribution in [-0.4, -0.2) is 20.2 Å². The first-order chi connectivity index (χ1) is 7.42. The molecule has 82 valence electrons. The van der Waals surface area contributed by atoms with Crippen LogP contribution in [0.4, 0.5) is 0 Å². The Morgan fingerprint density at radius 2 is 2.27 bits per heavy atom. The molecule has 1 unspecified atom stereocenters. The molecule has 0 aliphatic heterocycles. The van der Waals surface area contributed by atoms with Crippen LogP contribution in [0.15, 0.2) is 24.3 Å². The molecule has 1 aliphatic carbocycles. The minimum atomic E-state index is 0.322. The number of likely N-dealkylation sites (N-methyl/N-ethyl adjacent to an activating group) is 1. The first-order valence-electron chi connectivity index (χ1n) is 5.76. The van der Waals surface area contributed by atoms with E-state index in [-0.39, 0.29) is 0 Å². The molecule has 0 heterocycles. The van der Waals surface area contributed by atoms with Crippen molar-refractivity contribution in [3.8, 4) is 0 Å². The van der Waals surface area contributed by atoms with Crippen LogP contribution in [0, 0.1) is 0 Å². The summed E-state index contributed by atoms with van der Waals surface area (Å²) in [6.07, 6.45) is 3.95. The average molecular weight is 205 g/mol. The maximum absolute atomic E-state index is 5.89. The van der Waals surface area contributed by atoms with Crippen molar-refractivity contribution in [3.63, 3.8) is 0 Å². The molecular formula is C13H19NO. The number of ether oxygens (including phenoxy) is 1. The molecule has 2 nitrogen and oxygen atoms in total. The van der Waals surface area contributed by atoms with Crippen LogP contribution in [0.25, 0.3) is 0 Å². The van der Waals surface area contributed by atoms with E-state index in [0.717, 1.165) is 13.2 Å². The number of hydrogen-bond donors (Lipinski definition) is 1. The highest BCUT2D eigenvalue weighted by atomic mass is 16.5. The molecule has 1 aromatic rings. The fraction of sp³-hybridized carbons (Fsp3) is 0.538. The molecule has 1 aliphatic rings. The first kappa shape index (κ1) is 10.7. The zero-order valence-electron chi connectivity index (χ0n) is 9.33. The molecule has 0 amide bonds. The minimum absolute atomic E-state index is 0.322. The van der Waals surface area contributed by atoms with Crippen molar-refractivity contribution in [1.29, 1.82) is 0 Å². The Balaban J connectivity index is 2.02. The van der Waals surface area contributed by atoms with Crippen LogP contribution >= 0.6 is 0 Å². The van der Waals surface area contributed by atoms with Crippen LogP contribution < -0.4 is 5.32 Å². The monoisotopic (exact) mass is 205 g/mol. The second kappa shape index (κ2) is 5.29. The summed E-state index contributed by atoms with van der Waals surface area (Å²) in [5.74, 6) is 0. The zero-order valence-corrected chi connectivity index (χ0v) is 9.33. The van der Waals surface area contributed by atoms with Gasteiger partial charge >= 0.3 is 0 Å². The van der Waals surface area contributed by atoms with Crippen LogP contribution in [0.2, 0.25) is 0 Å². The van der Waals surface area contributed by atoms with Gasteiger partial charge in [-0.2, -0.15) is 0 Å². The van der Waals surface area contributed by atoms with Crippen LogP contribution in [0.1, 0.15) is 30.1 Å². The smallest absolute Gasteiger partial charge is 0.0828 e. The van der Waals surface area contributed by atoms with Gasteiger partial charge in [0.25, 0.3) is 0 Å². The standard InChI is InChI=1S/C13H19NO/c1-14-9-10-15-13-8-4-6-11-5-2-3-7-12(11)13/h2-3,5,7,13-14H,4,6,8-10H2,1H3. The Labute approximate surface area is 91.6 Å². The van der Waals surface area contributed by atoms with Gasteiger partial charge in [-0.1, -0.05) is 24.3 Å². The summed E-state index contributed by atoms with van der Waals surface area (Å²) >= 11 is 0. The quantitative estimate of drug-likeness (QED) is 0.762. The van der Waals surface area contributed by atoms with Gasteiger partial charge in [-0.3, -0.25) is 0 Å². The van der Waals surface area contributed by atoms with Gasteiger partial charge in [0.15, 0.2) is 0 Å². The predicted octanol–water partition coefficient (Wildman–Crippen LogP) is 2.30. The molecule has 1 aromatic carbocycles. The number of fused-ring (bicyclic) bond motifs is 1.